The molecule has 1 atom stereocenters. The average molecular weight is 252 g/mol. The Bertz CT molecular complexity index is 536. The van der Waals surface area contributed by atoms with E-state index >= 15 is 0 Å². The highest BCUT2D eigenvalue weighted by Crippen LogP contribution is 2.34. The third kappa shape index (κ3) is 2.69. The van der Waals surface area contributed by atoms with E-state index in [1.807, 2.05) is 6.20 Å². The largest absolute Gasteiger partial charge is 0.292 e. The third-order valence-electron chi connectivity index (χ3n) is 4.00. The van der Waals surface area contributed by atoms with Crippen molar-refractivity contribution >= 4 is 0 Å². The van der Waals surface area contributed by atoms with Crippen LogP contribution in [0.2, 0.25) is 0 Å². The van der Waals surface area contributed by atoms with Crippen LogP contribution in [0.3, 0.4) is 0 Å². The standard InChI is InChI=1S/C17H20N2/c1-14-16(9-5-11-18-14)17-10-6-12-19(17)13-15-7-3-2-4-8-15/h2-5,7-9,11,17H,6,10,12-13H2,1H3. The molecular weight excluding hydrogens is 232 g/mol. The lowest BCUT2D eigenvalue weighted by Gasteiger charge is -2.25. The lowest BCUT2D eigenvalue weighted by Crippen LogP contribution is -2.23. The fraction of sp³-hybridized carbons (Fsp3) is 0.353. The highest BCUT2D eigenvalue weighted by molar-refractivity contribution is 5.24. The molecular formula is C17H20N2. The molecule has 0 bridgehead atoms. The first kappa shape index (κ1) is 12.4. The van der Waals surface area contributed by atoms with Crippen LogP contribution in [0.4, 0.5) is 0 Å². The number of aryl methyl sites for hydroxylation is 1. The van der Waals surface area contributed by atoms with Crippen molar-refractivity contribution in [2.24, 2.45) is 0 Å². The van der Waals surface area contributed by atoms with E-state index in [-0.39, 0.29) is 0 Å². The van der Waals surface area contributed by atoms with Crippen molar-refractivity contribution < 1.29 is 0 Å². The Morgan fingerprint density at radius 2 is 2.00 bits per heavy atom. The molecule has 1 aliphatic heterocycles. The summed E-state index contributed by atoms with van der Waals surface area (Å²) in [6.07, 6.45) is 4.42. The number of nitrogens with zero attached hydrogens (tertiary/aromatic N) is 2. The highest BCUT2D eigenvalue weighted by atomic mass is 15.2. The minimum atomic E-state index is 0.536. The first-order valence-electron chi connectivity index (χ1n) is 7.04. The number of aromatic nitrogens is 1. The van der Waals surface area contributed by atoms with E-state index in [1.165, 1.54) is 36.2 Å². The predicted octanol–water partition coefficient (Wildman–Crippen LogP) is 3.73. The first-order valence-corrected chi connectivity index (χ1v) is 7.04. The zero-order chi connectivity index (χ0) is 13.1. The molecule has 1 aromatic heterocycles. The maximum atomic E-state index is 4.44. The molecule has 2 nitrogen and oxygen atoms in total. The van der Waals surface area contributed by atoms with Gasteiger partial charge in [0.15, 0.2) is 0 Å². The summed E-state index contributed by atoms with van der Waals surface area (Å²) in [6.45, 7) is 4.35. The molecule has 0 aliphatic carbocycles. The van der Waals surface area contributed by atoms with Crippen LogP contribution in [0, 0.1) is 6.92 Å². The summed E-state index contributed by atoms with van der Waals surface area (Å²) in [5, 5.41) is 0. The molecule has 0 saturated carbocycles. The maximum absolute atomic E-state index is 4.44. The van der Waals surface area contributed by atoms with Gasteiger partial charge in [0.2, 0.25) is 0 Å². The molecule has 0 radical (unpaired) electrons. The van der Waals surface area contributed by atoms with Crippen LogP contribution < -0.4 is 0 Å². The van der Waals surface area contributed by atoms with E-state index in [0.29, 0.717) is 6.04 Å². The van der Waals surface area contributed by atoms with Gasteiger partial charge in [-0.1, -0.05) is 36.4 Å². The Kier molecular flexibility index (Phi) is 3.60. The van der Waals surface area contributed by atoms with Gasteiger partial charge in [-0.15, -0.1) is 0 Å². The van der Waals surface area contributed by atoms with Crippen LogP contribution >= 0.6 is 0 Å². The fourth-order valence-corrected chi connectivity index (χ4v) is 3.03. The Balaban J connectivity index is 1.81. The highest BCUT2D eigenvalue weighted by Gasteiger charge is 2.27. The number of pyridine rings is 1. The molecule has 0 amide bonds. The smallest absolute Gasteiger partial charge is 0.0420 e. The van der Waals surface area contributed by atoms with Crippen molar-refractivity contribution in [3.8, 4) is 0 Å². The van der Waals surface area contributed by atoms with E-state index in [9.17, 15) is 0 Å². The second-order valence-electron chi connectivity index (χ2n) is 5.29. The predicted molar refractivity (Wildman–Crippen MR) is 77.8 cm³/mol. The minimum absolute atomic E-state index is 0.536. The molecule has 1 aromatic carbocycles. The van der Waals surface area contributed by atoms with E-state index in [0.717, 1.165) is 6.54 Å². The van der Waals surface area contributed by atoms with Gasteiger partial charge in [-0.25, -0.2) is 0 Å². The van der Waals surface area contributed by atoms with Gasteiger partial charge in [0, 0.05) is 24.5 Å². The second-order valence-corrected chi connectivity index (χ2v) is 5.29. The Labute approximate surface area is 115 Å². The first-order chi connectivity index (χ1) is 9.34. The lowest BCUT2D eigenvalue weighted by molar-refractivity contribution is 0.247. The molecule has 0 spiro atoms. The maximum Gasteiger partial charge on any atom is 0.0420 e. The molecule has 0 N–H and O–H groups in total. The summed E-state index contributed by atoms with van der Waals surface area (Å²) in [5.41, 5.74) is 3.97. The van der Waals surface area contributed by atoms with Crippen LogP contribution in [0.15, 0.2) is 48.7 Å². The average Bonchev–Trinajstić information content (AvgIpc) is 2.88. The van der Waals surface area contributed by atoms with Gasteiger partial charge in [-0.3, -0.25) is 9.88 Å². The molecule has 2 heteroatoms. The van der Waals surface area contributed by atoms with Gasteiger partial charge in [0.25, 0.3) is 0 Å². The van der Waals surface area contributed by atoms with Crippen LogP contribution in [-0.2, 0) is 6.54 Å². The van der Waals surface area contributed by atoms with Crippen LogP contribution in [0.25, 0.3) is 0 Å². The lowest BCUT2D eigenvalue weighted by atomic mass is 10.0. The van der Waals surface area contributed by atoms with Crippen molar-refractivity contribution in [2.45, 2.75) is 32.4 Å². The van der Waals surface area contributed by atoms with Crippen LogP contribution in [-0.4, -0.2) is 16.4 Å². The SMILES string of the molecule is Cc1ncccc1C1CCCN1Cc1ccccc1. The van der Waals surface area contributed by atoms with Crippen molar-refractivity contribution in [3.05, 3.63) is 65.5 Å². The van der Waals surface area contributed by atoms with Gasteiger partial charge >= 0.3 is 0 Å². The monoisotopic (exact) mass is 252 g/mol. The Morgan fingerprint density at radius 1 is 1.16 bits per heavy atom. The number of rotatable bonds is 3. The quantitative estimate of drug-likeness (QED) is 0.827. The fourth-order valence-electron chi connectivity index (χ4n) is 3.03. The van der Waals surface area contributed by atoms with Gasteiger partial charge < -0.3 is 0 Å². The summed E-state index contributed by atoms with van der Waals surface area (Å²) in [6, 6.07) is 15.6. The van der Waals surface area contributed by atoms with E-state index in [2.05, 4.69) is 59.3 Å². The zero-order valence-corrected chi connectivity index (χ0v) is 11.4. The molecule has 1 fully saturated rings. The number of hydrogen-bond acceptors (Lipinski definition) is 2. The van der Waals surface area contributed by atoms with Crippen LogP contribution in [0.1, 0.15) is 35.7 Å². The summed E-state index contributed by atoms with van der Waals surface area (Å²) in [5.74, 6) is 0. The van der Waals surface area contributed by atoms with E-state index in [1.54, 1.807) is 0 Å². The van der Waals surface area contributed by atoms with Crippen molar-refractivity contribution in [3.63, 3.8) is 0 Å². The molecule has 98 valence electrons. The Morgan fingerprint density at radius 3 is 2.79 bits per heavy atom. The van der Waals surface area contributed by atoms with E-state index < -0.39 is 0 Å². The summed E-state index contributed by atoms with van der Waals surface area (Å²) >= 11 is 0. The molecule has 3 rings (SSSR count). The van der Waals surface area contributed by atoms with Crippen LogP contribution in [0.5, 0.6) is 0 Å². The number of likely N-dealkylation sites (tertiary alicyclic amines) is 1. The van der Waals surface area contributed by atoms with Crippen molar-refractivity contribution in [1.82, 2.24) is 9.88 Å². The van der Waals surface area contributed by atoms with E-state index in [4.69, 9.17) is 0 Å². The second kappa shape index (κ2) is 5.54. The number of hydrogen-bond donors (Lipinski definition) is 0. The van der Waals surface area contributed by atoms with Gasteiger partial charge in [-0.2, -0.15) is 0 Å². The number of benzene rings is 1. The molecule has 1 unspecified atom stereocenters. The van der Waals surface area contributed by atoms with Crippen molar-refractivity contribution in [2.75, 3.05) is 6.54 Å². The summed E-state index contributed by atoms with van der Waals surface area (Å²) in [7, 11) is 0. The minimum Gasteiger partial charge on any atom is -0.292 e. The Hall–Kier alpha value is -1.67. The normalized spacial score (nSPS) is 19.7. The summed E-state index contributed by atoms with van der Waals surface area (Å²) < 4.78 is 0. The summed E-state index contributed by atoms with van der Waals surface area (Å²) in [4.78, 5) is 7.02. The van der Waals surface area contributed by atoms with Crippen molar-refractivity contribution in [1.29, 1.82) is 0 Å². The zero-order valence-electron chi connectivity index (χ0n) is 11.4. The third-order valence-corrected chi connectivity index (χ3v) is 4.00. The van der Waals surface area contributed by atoms with Gasteiger partial charge in [0.05, 0.1) is 0 Å². The molecule has 1 aliphatic rings. The van der Waals surface area contributed by atoms with Gasteiger partial charge in [0.1, 0.15) is 0 Å². The topological polar surface area (TPSA) is 16.1 Å². The molecule has 2 heterocycles. The van der Waals surface area contributed by atoms with Gasteiger partial charge in [-0.05, 0) is 43.5 Å². The molecule has 2 aromatic rings. The molecule has 1 saturated heterocycles. The molecule has 19 heavy (non-hydrogen) atoms.